The summed E-state index contributed by atoms with van der Waals surface area (Å²) in [6.07, 6.45) is 1.36. The Kier molecular flexibility index (Phi) is 10.9. The molecule has 1 aromatic carbocycles. The zero-order chi connectivity index (χ0) is 16.0. The second-order valence-corrected chi connectivity index (χ2v) is 5.49. The maximum absolute atomic E-state index is 5.51. The van der Waals surface area contributed by atoms with E-state index in [1.807, 2.05) is 13.8 Å². The SMILES string of the molecule is CCc1ccc(CNCCOCCOCCOC(C)C)cc1. The Bertz CT molecular complexity index is 365. The van der Waals surface area contributed by atoms with Crippen molar-refractivity contribution in [1.82, 2.24) is 5.32 Å². The van der Waals surface area contributed by atoms with Crippen LogP contribution in [-0.4, -0.2) is 45.7 Å². The molecule has 0 atom stereocenters. The number of hydrogen-bond acceptors (Lipinski definition) is 4. The summed E-state index contributed by atoms with van der Waals surface area (Å²) in [6.45, 7) is 11.2. The predicted molar refractivity (Wildman–Crippen MR) is 90.3 cm³/mol. The zero-order valence-electron chi connectivity index (χ0n) is 14.3. The molecule has 0 aliphatic heterocycles. The molecule has 0 spiro atoms. The van der Waals surface area contributed by atoms with E-state index in [0.29, 0.717) is 33.0 Å². The number of nitrogens with one attached hydrogen (secondary N) is 1. The number of benzene rings is 1. The van der Waals surface area contributed by atoms with Crippen LogP contribution in [0.4, 0.5) is 0 Å². The largest absolute Gasteiger partial charge is 0.378 e. The topological polar surface area (TPSA) is 39.7 Å². The first-order valence-corrected chi connectivity index (χ1v) is 8.28. The van der Waals surface area contributed by atoms with Crippen LogP contribution >= 0.6 is 0 Å². The summed E-state index contributed by atoms with van der Waals surface area (Å²) in [6, 6.07) is 8.74. The monoisotopic (exact) mass is 309 g/mol. The van der Waals surface area contributed by atoms with Gasteiger partial charge in [-0.25, -0.2) is 0 Å². The molecule has 1 rings (SSSR count). The molecular weight excluding hydrogens is 278 g/mol. The van der Waals surface area contributed by atoms with E-state index in [0.717, 1.165) is 19.5 Å². The van der Waals surface area contributed by atoms with Gasteiger partial charge in [-0.1, -0.05) is 31.2 Å². The first-order valence-electron chi connectivity index (χ1n) is 8.28. The van der Waals surface area contributed by atoms with E-state index in [1.165, 1.54) is 11.1 Å². The molecule has 0 saturated carbocycles. The van der Waals surface area contributed by atoms with Gasteiger partial charge in [0.15, 0.2) is 0 Å². The number of ether oxygens (including phenoxy) is 3. The fourth-order valence-corrected chi connectivity index (χ4v) is 1.93. The minimum Gasteiger partial charge on any atom is -0.378 e. The fourth-order valence-electron chi connectivity index (χ4n) is 1.93. The van der Waals surface area contributed by atoms with Gasteiger partial charge in [-0.2, -0.15) is 0 Å². The molecule has 4 heteroatoms. The standard InChI is InChI=1S/C18H31NO3/c1-4-17-5-7-18(8-6-17)15-19-9-10-20-11-12-21-13-14-22-16(2)3/h5-8,16,19H,4,9-15H2,1-3H3. The van der Waals surface area contributed by atoms with Crippen LogP contribution in [0.25, 0.3) is 0 Å². The second-order valence-electron chi connectivity index (χ2n) is 5.49. The molecule has 0 saturated heterocycles. The minimum atomic E-state index is 0.268. The van der Waals surface area contributed by atoms with Crippen molar-refractivity contribution in [3.05, 3.63) is 35.4 Å². The van der Waals surface area contributed by atoms with E-state index in [1.54, 1.807) is 0 Å². The molecule has 0 aromatic heterocycles. The van der Waals surface area contributed by atoms with Crippen LogP contribution in [-0.2, 0) is 27.2 Å². The van der Waals surface area contributed by atoms with E-state index < -0.39 is 0 Å². The van der Waals surface area contributed by atoms with Crippen molar-refractivity contribution in [2.75, 3.05) is 39.6 Å². The van der Waals surface area contributed by atoms with Gasteiger partial charge in [0, 0.05) is 13.1 Å². The van der Waals surface area contributed by atoms with Crippen molar-refractivity contribution in [3.8, 4) is 0 Å². The van der Waals surface area contributed by atoms with Gasteiger partial charge in [-0.05, 0) is 31.4 Å². The van der Waals surface area contributed by atoms with E-state index >= 15 is 0 Å². The number of aryl methyl sites for hydroxylation is 1. The zero-order valence-corrected chi connectivity index (χ0v) is 14.3. The Morgan fingerprint density at radius 3 is 2.09 bits per heavy atom. The minimum absolute atomic E-state index is 0.268. The van der Waals surface area contributed by atoms with Crippen LogP contribution in [0, 0.1) is 0 Å². The highest BCUT2D eigenvalue weighted by atomic mass is 16.5. The normalized spacial score (nSPS) is 11.3. The molecule has 1 N–H and O–H groups in total. The first-order chi connectivity index (χ1) is 10.7. The van der Waals surface area contributed by atoms with Crippen molar-refractivity contribution >= 4 is 0 Å². The van der Waals surface area contributed by atoms with Gasteiger partial charge in [-0.3, -0.25) is 0 Å². The van der Waals surface area contributed by atoms with Crippen LogP contribution < -0.4 is 5.32 Å². The van der Waals surface area contributed by atoms with Gasteiger partial charge >= 0.3 is 0 Å². The lowest BCUT2D eigenvalue weighted by atomic mass is 10.1. The van der Waals surface area contributed by atoms with Crippen LogP contribution in [0.3, 0.4) is 0 Å². The van der Waals surface area contributed by atoms with Crippen LogP contribution in [0.2, 0.25) is 0 Å². The Morgan fingerprint density at radius 1 is 0.864 bits per heavy atom. The summed E-state index contributed by atoms with van der Waals surface area (Å²) in [4.78, 5) is 0. The molecule has 0 amide bonds. The maximum Gasteiger partial charge on any atom is 0.0703 e. The highest BCUT2D eigenvalue weighted by Crippen LogP contribution is 2.04. The Balaban J connectivity index is 1.87. The van der Waals surface area contributed by atoms with Crippen LogP contribution in [0.1, 0.15) is 31.9 Å². The van der Waals surface area contributed by atoms with Crippen molar-refractivity contribution in [1.29, 1.82) is 0 Å². The van der Waals surface area contributed by atoms with Gasteiger partial charge in [0.25, 0.3) is 0 Å². The lowest BCUT2D eigenvalue weighted by Crippen LogP contribution is -2.20. The first kappa shape index (κ1) is 19.1. The van der Waals surface area contributed by atoms with Crippen molar-refractivity contribution < 1.29 is 14.2 Å². The van der Waals surface area contributed by atoms with Gasteiger partial charge in [0.1, 0.15) is 0 Å². The van der Waals surface area contributed by atoms with Gasteiger partial charge in [0.05, 0.1) is 39.1 Å². The lowest BCUT2D eigenvalue weighted by Gasteiger charge is -2.09. The van der Waals surface area contributed by atoms with E-state index in [9.17, 15) is 0 Å². The predicted octanol–water partition coefficient (Wildman–Crippen LogP) is 2.80. The quantitative estimate of drug-likeness (QED) is 0.569. The Morgan fingerprint density at radius 2 is 1.45 bits per heavy atom. The van der Waals surface area contributed by atoms with Crippen LogP contribution in [0.15, 0.2) is 24.3 Å². The van der Waals surface area contributed by atoms with E-state index in [4.69, 9.17) is 14.2 Å². The molecule has 1 aromatic rings. The van der Waals surface area contributed by atoms with Crippen molar-refractivity contribution in [2.24, 2.45) is 0 Å². The molecule has 22 heavy (non-hydrogen) atoms. The average Bonchev–Trinajstić information content (AvgIpc) is 2.53. The molecule has 0 fully saturated rings. The molecule has 0 aliphatic carbocycles. The molecule has 126 valence electrons. The van der Waals surface area contributed by atoms with Gasteiger partial charge < -0.3 is 19.5 Å². The smallest absolute Gasteiger partial charge is 0.0703 e. The summed E-state index contributed by atoms with van der Waals surface area (Å²) >= 11 is 0. The third-order valence-corrected chi connectivity index (χ3v) is 3.23. The fraction of sp³-hybridized carbons (Fsp3) is 0.667. The van der Waals surface area contributed by atoms with Crippen molar-refractivity contribution in [3.63, 3.8) is 0 Å². The molecular formula is C18H31NO3. The average molecular weight is 309 g/mol. The molecule has 0 heterocycles. The highest BCUT2D eigenvalue weighted by molar-refractivity contribution is 5.22. The maximum atomic E-state index is 5.51. The van der Waals surface area contributed by atoms with Crippen LogP contribution in [0.5, 0.6) is 0 Å². The summed E-state index contributed by atoms with van der Waals surface area (Å²) in [5.41, 5.74) is 2.69. The van der Waals surface area contributed by atoms with E-state index in [-0.39, 0.29) is 6.10 Å². The summed E-state index contributed by atoms with van der Waals surface area (Å²) in [5, 5.41) is 3.38. The molecule has 0 radical (unpaired) electrons. The van der Waals surface area contributed by atoms with E-state index in [2.05, 4.69) is 36.5 Å². The molecule has 0 aliphatic rings. The van der Waals surface area contributed by atoms with Gasteiger partial charge in [-0.15, -0.1) is 0 Å². The van der Waals surface area contributed by atoms with Crippen molar-refractivity contribution in [2.45, 2.75) is 39.8 Å². The summed E-state index contributed by atoms with van der Waals surface area (Å²) in [7, 11) is 0. The molecule has 0 bridgehead atoms. The van der Waals surface area contributed by atoms with Gasteiger partial charge in [0.2, 0.25) is 0 Å². The highest BCUT2D eigenvalue weighted by Gasteiger charge is 1.95. The molecule has 0 unspecified atom stereocenters. The molecule has 4 nitrogen and oxygen atoms in total. The Hall–Kier alpha value is -0.940. The summed E-state index contributed by atoms with van der Waals surface area (Å²) < 4.78 is 16.3. The lowest BCUT2D eigenvalue weighted by molar-refractivity contribution is -0.00106. The third-order valence-electron chi connectivity index (χ3n) is 3.23. The summed E-state index contributed by atoms with van der Waals surface area (Å²) in [5.74, 6) is 0. The second kappa shape index (κ2) is 12.6. The Labute approximate surface area is 135 Å². The number of hydrogen-bond donors (Lipinski definition) is 1. The third kappa shape index (κ3) is 9.90. The number of rotatable bonds is 13.